The Balaban J connectivity index is 1.82. The van der Waals surface area contributed by atoms with Gasteiger partial charge in [-0.1, -0.05) is 26.0 Å². The Bertz CT molecular complexity index is 852. The average molecular weight is 402 g/mol. The predicted molar refractivity (Wildman–Crippen MR) is 105 cm³/mol. The van der Waals surface area contributed by atoms with Crippen molar-refractivity contribution in [3.8, 4) is 5.75 Å². The maximum atomic E-state index is 12.8. The van der Waals surface area contributed by atoms with E-state index in [2.05, 4.69) is 10.6 Å². The number of hydrogen-bond acceptors (Lipinski definition) is 5. The molecule has 0 fully saturated rings. The summed E-state index contributed by atoms with van der Waals surface area (Å²) in [6.45, 7) is 3.50. The van der Waals surface area contributed by atoms with Crippen LogP contribution in [0, 0.1) is 11.7 Å². The number of rotatable bonds is 9. The summed E-state index contributed by atoms with van der Waals surface area (Å²) >= 11 is 0. The molecule has 0 aromatic heterocycles. The van der Waals surface area contributed by atoms with Crippen LogP contribution in [-0.4, -0.2) is 37.5 Å². The van der Waals surface area contributed by atoms with Gasteiger partial charge in [-0.05, 0) is 42.3 Å². The molecule has 0 heterocycles. The second-order valence-electron chi connectivity index (χ2n) is 6.60. The quantitative estimate of drug-likeness (QED) is 0.629. The number of benzene rings is 2. The Morgan fingerprint density at radius 2 is 1.69 bits per heavy atom. The molecule has 7 nitrogen and oxygen atoms in total. The van der Waals surface area contributed by atoms with Crippen LogP contribution in [0.5, 0.6) is 5.75 Å². The van der Waals surface area contributed by atoms with Gasteiger partial charge in [0.25, 0.3) is 11.8 Å². The van der Waals surface area contributed by atoms with Crippen LogP contribution in [-0.2, 0) is 14.3 Å². The van der Waals surface area contributed by atoms with Crippen molar-refractivity contribution in [1.82, 2.24) is 5.32 Å². The molecule has 0 aliphatic carbocycles. The molecular formula is C21H23FN2O5. The minimum absolute atomic E-state index is 0.289. The van der Waals surface area contributed by atoms with Gasteiger partial charge in [-0.25, -0.2) is 9.18 Å². The van der Waals surface area contributed by atoms with Gasteiger partial charge in [0.2, 0.25) is 0 Å². The van der Waals surface area contributed by atoms with E-state index < -0.39 is 30.9 Å². The number of para-hydroxylation sites is 1. The lowest BCUT2D eigenvalue weighted by molar-refractivity contribution is -0.149. The normalized spacial score (nSPS) is 10.3. The van der Waals surface area contributed by atoms with Crippen molar-refractivity contribution in [2.24, 2.45) is 5.92 Å². The molecule has 2 N–H and O–H groups in total. The van der Waals surface area contributed by atoms with Crippen LogP contribution >= 0.6 is 0 Å². The largest absolute Gasteiger partial charge is 0.482 e. The molecule has 0 aliphatic heterocycles. The number of halogens is 1. The zero-order chi connectivity index (χ0) is 21.2. The molecule has 0 saturated heterocycles. The summed E-state index contributed by atoms with van der Waals surface area (Å²) in [5.41, 5.74) is 0.629. The highest BCUT2D eigenvalue weighted by atomic mass is 19.1. The van der Waals surface area contributed by atoms with E-state index in [1.807, 2.05) is 13.8 Å². The van der Waals surface area contributed by atoms with E-state index >= 15 is 0 Å². The third-order valence-corrected chi connectivity index (χ3v) is 3.65. The second kappa shape index (κ2) is 10.8. The van der Waals surface area contributed by atoms with Gasteiger partial charge in [0.15, 0.2) is 13.2 Å². The van der Waals surface area contributed by atoms with E-state index in [1.54, 1.807) is 24.3 Å². The topological polar surface area (TPSA) is 93.7 Å². The lowest BCUT2D eigenvalue weighted by Crippen LogP contribution is -2.29. The Hall–Kier alpha value is -3.42. The van der Waals surface area contributed by atoms with Crippen molar-refractivity contribution in [2.75, 3.05) is 25.1 Å². The predicted octanol–water partition coefficient (Wildman–Crippen LogP) is 2.77. The number of nitrogens with one attached hydrogen (secondary N) is 2. The van der Waals surface area contributed by atoms with Gasteiger partial charge in [0, 0.05) is 6.54 Å². The van der Waals surface area contributed by atoms with Gasteiger partial charge in [-0.2, -0.15) is 0 Å². The fourth-order valence-corrected chi connectivity index (χ4v) is 2.23. The molecule has 0 atom stereocenters. The van der Waals surface area contributed by atoms with Gasteiger partial charge < -0.3 is 20.1 Å². The Morgan fingerprint density at radius 3 is 2.38 bits per heavy atom. The maximum Gasteiger partial charge on any atom is 0.344 e. The number of carbonyl (C=O) groups excluding carboxylic acids is 3. The molecule has 2 amide bonds. The number of amides is 2. The summed E-state index contributed by atoms with van der Waals surface area (Å²) in [7, 11) is 0. The average Bonchev–Trinajstić information content (AvgIpc) is 2.70. The zero-order valence-corrected chi connectivity index (χ0v) is 16.2. The first-order valence-corrected chi connectivity index (χ1v) is 9.06. The maximum absolute atomic E-state index is 12.8. The SMILES string of the molecule is CC(C)CNC(=O)c1ccccc1NC(=O)COC(=O)COc1ccc(F)cc1. The van der Waals surface area contributed by atoms with E-state index in [9.17, 15) is 18.8 Å². The number of hydrogen-bond donors (Lipinski definition) is 2. The molecule has 0 spiro atoms. The summed E-state index contributed by atoms with van der Waals surface area (Å²) in [4.78, 5) is 36.0. The number of carbonyl (C=O) groups is 3. The van der Waals surface area contributed by atoms with Crippen molar-refractivity contribution in [1.29, 1.82) is 0 Å². The highest BCUT2D eigenvalue weighted by Crippen LogP contribution is 2.15. The third kappa shape index (κ3) is 7.61. The zero-order valence-electron chi connectivity index (χ0n) is 16.2. The first-order chi connectivity index (χ1) is 13.8. The van der Waals surface area contributed by atoms with Gasteiger partial charge in [0.1, 0.15) is 11.6 Å². The molecule has 2 rings (SSSR count). The fraction of sp³-hybridized carbons (Fsp3) is 0.286. The molecule has 0 radical (unpaired) electrons. The summed E-state index contributed by atoms with van der Waals surface area (Å²) in [5, 5.41) is 5.34. The minimum atomic E-state index is -0.757. The van der Waals surface area contributed by atoms with Crippen LogP contribution in [0.4, 0.5) is 10.1 Å². The van der Waals surface area contributed by atoms with Crippen molar-refractivity contribution in [3.63, 3.8) is 0 Å². The molecular weight excluding hydrogens is 379 g/mol. The highest BCUT2D eigenvalue weighted by Gasteiger charge is 2.14. The standard InChI is InChI=1S/C21H23FN2O5/c1-14(2)11-23-21(27)17-5-3-4-6-18(17)24-19(25)12-29-20(26)13-28-16-9-7-15(22)8-10-16/h3-10,14H,11-13H2,1-2H3,(H,23,27)(H,24,25). The van der Waals surface area contributed by atoms with Gasteiger partial charge in [0.05, 0.1) is 11.3 Å². The summed E-state index contributed by atoms with van der Waals surface area (Å²) in [6, 6.07) is 11.7. The van der Waals surface area contributed by atoms with Gasteiger partial charge in [-0.3, -0.25) is 9.59 Å². The highest BCUT2D eigenvalue weighted by molar-refractivity contribution is 6.04. The summed E-state index contributed by atoms with van der Waals surface area (Å²) in [5.74, 6) is -1.49. The molecule has 0 bridgehead atoms. The molecule has 2 aromatic rings. The molecule has 2 aromatic carbocycles. The lowest BCUT2D eigenvalue weighted by Gasteiger charge is -2.12. The monoisotopic (exact) mass is 402 g/mol. The van der Waals surface area contributed by atoms with Crippen molar-refractivity contribution in [3.05, 3.63) is 59.9 Å². The Morgan fingerprint density at radius 1 is 1.00 bits per heavy atom. The first kappa shape index (κ1) is 21.9. The lowest BCUT2D eigenvalue weighted by atomic mass is 10.1. The van der Waals surface area contributed by atoms with Crippen molar-refractivity contribution >= 4 is 23.5 Å². The second-order valence-corrected chi connectivity index (χ2v) is 6.60. The van der Waals surface area contributed by atoms with Crippen molar-refractivity contribution in [2.45, 2.75) is 13.8 Å². The van der Waals surface area contributed by atoms with Crippen LogP contribution in [0.2, 0.25) is 0 Å². The molecule has 0 saturated carbocycles. The van der Waals surface area contributed by atoms with E-state index in [0.717, 1.165) is 0 Å². The molecule has 8 heteroatoms. The third-order valence-electron chi connectivity index (χ3n) is 3.65. The number of anilines is 1. The molecule has 0 aliphatic rings. The fourth-order valence-electron chi connectivity index (χ4n) is 2.23. The van der Waals surface area contributed by atoms with E-state index in [-0.39, 0.29) is 11.8 Å². The Labute approximate surface area is 168 Å². The summed E-state index contributed by atoms with van der Waals surface area (Å²) < 4.78 is 22.8. The van der Waals surface area contributed by atoms with Crippen LogP contribution in [0.1, 0.15) is 24.2 Å². The van der Waals surface area contributed by atoms with Gasteiger partial charge >= 0.3 is 5.97 Å². The van der Waals surface area contributed by atoms with Crippen LogP contribution < -0.4 is 15.4 Å². The van der Waals surface area contributed by atoms with E-state index in [0.29, 0.717) is 23.5 Å². The van der Waals surface area contributed by atoms with Crippen LogP contribution in [0.3, 0.4) is 0 Å². The number of esters is 1. The van der Waals surface area contributed by atoms with Crippen LogP contribution in [0.25, 0.3) is 0 Å². The molecule has 0 unspecified atom stereocenters. The van der Waals surface area contributed by atoms with Gasteiger partial charge in [-0.15, -0.1) is 0 Å². The molecule has 154 valence electrons. The molecule has 29 heavy (non-hydrogen) atoms. The minimum Gasteiger partial charge on any atom is -0.482 e. The van der Waals surface area contributed by atoms with E-state index in [4.69, 9.17) is 9.47 Å². The first-order valence-electron chi connectivity index (χ1n) is 9.06. The van der Waals surface area contributed by atoms with E-state index in [1.165, 1.54) is 24.3 Å². The smallest absolute Gasteiger partial charge is 0.344 e. The Kier molecular flexibility index (Phi) is 8.14. The van der Waals surface area contributed by atoms with Crippen molar-refractivity contribution < 1.29 is 28.2 Å². The summed E-state index contributed by atoms with van der Waals surface area (Å²) in [6.07, 6.45) is 0. The number of ether oxygens (including phenoxy) is 2. The van der Waals surface area contributed by atoms with Crippen LogP contribution in [0.15, 0.2) is 48.5 Å².